The molecule has 1 aliphatic carbocycles. The lowest BCUT2D eigenvalue weighted by Gasteiger charge is -2.36. The van der Waals surface area contributed by atoms with E-state index in [0.717, 1.165) is 25.2 Å². The lowest BCUT2D eigenvalue weighted by molar-refractivity contribution is -0.142. The molecule has 1 atom stereocenters. The molecule has 0 aromatic heterocycles. The van der Waals surface area contributed by atoms with E-state index in [4.69, 9.17) is 0 Å². The first-order chi connectivity index (χ1) is 10.6. The highest BCUT2D eigenvalue weighted by atomic mass is 16.2. The molecule has 0 aromatic carbocycles. The van der Waals surface area contributed by atoms with Crippen LogP contribution in [-0.4, -0.2) is 47.8 Å². The van der Waals surface area contributed by atoms with E-state index in [9.17, 15) is 9.59 Å². The van der Waals surface area contributed by atoms with Crippen LogP contribution in [0.5, 0.6) is 0 Å². The maximum Gasteiger partial charge on any atom is 0.225 e. The molecule has 0 spiro atoms. The van der Waals surface area contributed by atoms with E-state index >= 15 is 0 Å². The van der Waals surface area contributed by atoms with Crippen LogP contribution < -0.4 is 0 Å². The van der Waals surface area contributed by atoms with Gasteiger partial charge in [-0.1, -0.05) is 46.0 Å². The first-order valence-electron chi connectivity index (χ1n) is 9.18. The lowest BCUT2D eigenvalue weighted by atomic mass is 10.0. The number of hydrogen-bond donors (Lipinski definition) is 0. The molecule has 1 unspecified atom stereocenters. The highest BCUT2D eigenvalue weighted by Gasteiger charge is 2.27. The predicted octanol–water partition coefficient (Wildman–Crippen LogP) is 3.06. The molecular formula is C18H32N2O2. The fourth-order valence-electron chi connectivity index (χ4n) is 3.83. The van der Waals surface area contributed by atoms with Crippen molar-refractivity contribution in [2.24, 2.45) is 11.8 Å². The number of rotatable bonds is 6. The Bertz CT molecular complexity index is 369. The third kappa shape index (κ3) is 4.72. The van der Waals surface area contributed by atoms with Gasteiger partial charge in [0, 0.05) is 38.5 Å². The van der Waals surface area contributed by atoms with Gasteiger partial charge in [0.15, 0.2) is 0 Å². The van der Waals surface area contributed by atoms with E-state index in [1.54, 1.807) is 0 Å². The van der Waals surface area contributed by atoms with Gasteiger partial charge < -0.3 is 9.80 Å². The minimum absolute atomic E-state index is 0.120. The van der Waals surface area contributed by atoms with Crippen molar-refractivity contribution in [3.8, 4) is 0 Å². The standard InChI is InChI=1S/C18H32N2O2/c1-3-6-15(2)18(22)20-13-11-19(12-14-20)17(21)10-9-16-7-4-5-8-16/h15-16H,3-14H2,1-2H3. The highest BCUT2D eigenvalue weighted by Crippen LogP contribution is 2.28. The van der Waals surface area contributed by atoms with Gasteiger partial charge in [0.25, 0.3) is 0 Å². The summed E-state index contributed by atoms with van der Waals surface area (Å²) in [5, 5.41) is 0. The van der Waals surface area contributed by atoms with Crippen LogP contribution in [0.1, 0.15) is 65.2 Å². The molecule has 1 aliphatic heterocycles. The number of nitrogens with zero attached hydrogens (tertiary/aromatic N) is 2. The maximum absolute atomic E-state index is 12.3. The molecule has 0 radical (unpaired) electrons. The van der Waals surface area contributed by atoms with Crippen LogP contribution in [0.2, 0.25) is 0 Å². The van der Waals surface area contributed by atoms with Gasteiger partial charge in [0.05, 0.1) is 0 Å². The molecular weight excluding hydrogens is 276 g/mol. The molecule has 0 aromatic rings. The van der Waals surface area contributed by atoms with Crippen LogP contribution in [0, 0.1) is 11.8 Å². The summed E-state index contributed by atoms with van der Waals surface area (Å²) in [5.74, 6) is 1.46. The van der Waals surface area contributed by atoms with E-state index in [0.29, 0.717) is 38.5 Å². The van der Waals surface area contributed by atoms with Crippen molar-refractivity contribution in [2.45, 2.75) is 65.2 Å². The summed E-state index contributed by atoms with van der Waals surface area (Å²) in [5.41, 5.74) is 0. The van der Waals surface area contributed by atoms with Crippen molar-refractivity contribution in [1.29, 1.82) is 0 Å². The molecule has 0 bridgehead atoms. The molecule has 2 aliphatic rings. The van der Waals surface area contributed by atoms with Crippen molar-refractivity contribution in [1.82, 2.24) is 9.80 Å². The first kappa shape index (κ1) is 17.3. The summed E-state index contributed by atoms with van der Waals surface area (Å²) in [7, 11) is 0. The Kier molecular flexibility index (Phi) is 6.71. The van der Waals surface area contributed by atoms with Gasteiger partial charge in [0.1, 0.15) is 0 Å². The first-order valence-corrected chi connectivity index (χ1v) is 9.18. The zero-order valence-corrected chi connectivity index (χ0v) is 14.4. The third-order valence-corrected chi connectivity index (χ3v) is 5.33. The molecule has 0 N–H and O–H groups in total. The lowest BCUT2D eigenvalue weighted by Crippen LogP contribution is -2.51. The van der Waals surface area contributed by atoms with Gasteiger partial charge in [-0.3, -0.25) is 9.59 Å². The fraction of sp³-hybridized carbons (Fsp3) is 0.889. The third-order valence-electron chi connectivity index (χ3n) is 5.33. The van der Waals surface area contributed by atoms with Crippen LogP contribution in [0.25, 0.3) is 0 Å². The maximum atomic E-state index is 12.3. The SMILES string of the molecule is CCCC(C)C(=O)N1CCN(C(=O)CCC2CCCC2)CC1. The Hall–Kier alpha value is -1.06. The molecule has 126 valence electrons. The van der Waals surface area contributed by atoms with Crippen LogP contribution in [0.3, 0.4) is 0 Å². The van der Waals surface area contributed by atoms with E-state index < -0.39 is 0 Å². The molecule has 2 amide bonds. The second-order valence-corrected chi connectivity index (χ2v) is 7.08. The molecule has 2 rings (SSSR count). The Morgan fingerprint density at radius 3 is 2.23 bits per heavy atom. The Labute approximate surface area is 135 Å². The normalized spacial score (nSPS) is 21.2. The molecule has 1 saturated carbocycles. The van der Waals surface area contributed by atoms with Crippen molar-refractivity contribution in [3.63, 3.8) is 0 Å². The summed E-state index contributed by atoms with van der Waals surface area (Å²) < 4.78 is 0. The van der Waals surface area contributed by atoms with Gasteiger partial charge in [-0.25, -0.2) is 0 Å². The van der Waals surface area contributed by atoms with E-state index in [2.05, 4.69) is 6.92 Å². The largest absolute Gasteiger partial charge is 0.339 e. The van der Waals surface area contributed by atoms with Gasteiger partial charge >= 0.3 is 0 Å². The zero-order valence-electron chi connectivity index (χ0n) is 14.4. The van der Waals surface area contributed by atoms with E-state index in [1.807, 2.05) is 16.7 Å². The monoisotopic (exact) mass is 308 g/mol. The molecule has 1 heterocycles. The Morgan fingerprint density at radius 1 is 1.05 bits per heavy atom. The van der Waals surface area contributed by atoms with Crippen LogP contribution in [-0.2, 0) is 9.59 Å². The summed E-state index contributed by atoms with van der Waals surface area (Å²) >= 11 is 0. The molecule has 1 saturated heterocycles. The summed E-state index contributed by atoms with van der Waals surface area (Å²) in [6, 6.07) is 0. The number of piperazine rings is 1. The van der Waals surface area contributed by atoms with Crippen LogP contribution in [0.15, 0.2) is 0 Å². The zero-order chi connectivity index (χ0) is 15.9. The molecule has 22 heavy (non-hydrogen) atoms. The smallest absolute Gasteiger partial charge is 0.225 e. The average molecular weight is 308 g/mol. The fourth-order valence-corrected chi connectivity index (χ4v) is 3.83. The molecule has 4 nitrogen and oxygen atoms in total. The van der Waals surface area contributed by atoms with E-state index in [-0.39, 0.29) is 11.8 Å². The quantitative estimate of drug-likeness (QED) is 0.756. The van der Waals surface area contributed by atoms with Gasteiger partial charge in [-0.05, 0) is 18.8 Å². The average Bonchev–Trinajstić information content (AvgIpc) is 3.05. The summed E-state index contributed by atoms with van der Waals surface area (Å²) in [6.07, 6.45) is 9.07. The van der Waals surface area contributed by atoms with Crippen molar-refractivity contribution >= 4 is 11.8 Å². The number of carbonyl (C=O) groups excluding carboxylic acids is 2. The number of hydrogen-bond acceptors (Lipinski definition) is 2. The number of amides is 2. The molecule has 4 heteroatoms. The predicted molar refractivity (Wildman–Crippen MR) is 88.4 cm³/mol. The Morgan fingerprint density at radius 2 is 1.64 bits per heavy atom. The van der Waals surface area contributed by atoms with Crippen molar-refractivity contribution in [2.75, 3.05) is 26.2 Å². The van der Waals surface area contributed by atoms with Crippen molar-refractivity contribution in [3.05, 3.63) is 0 Å². The second kappa shape index (κ2) is 8.54. The summed E-state index contributed by atoms with van der Waals surface area (Å²) in [4.78, 5) is 28.5. The van der Waals surface area contributed by atoms with Crippen molar-refractivity contribution < 1.29 is 9.59 Å². The topological polar surface area (TPSA) is 40.6 Å². The van der Waals surface area contributed by atoms with Gasteiger partial charge in [-0.15, -0.1) is 0 Å². The van der Waals surface area contributed by atoms with Crippen LogP contribution >= 0.6 is 0 Å². The number of carbonyl (C=O) groups is 2. The molecule has 2 fully saturated rings. The van der Waals surface area contributed by atoms with Gasteiger partial charge in [-0.2, -0.15) is 0 Å². The highest BCUT2D eigenvalue weighted by molar-refractivity contribution is 5.79. The minimum Gasteiger partial charge on any atom is -0.339 e. The summed E-state index contributed by atoms with van der Waals surface area (Å²) in [6.45, 7) is 6.99. The van der Waals surface area contributed by atoms with Crippen LogP contribution in [0.4, 0.5) is 0 Å². The Balaban J connectivity index is 1.69. The second-order valence-electron chi connectivity index (χ2n) is 7.08. The van der Waals surface area contributed by atoms with E-state index in [1.165, 1.54) is 25.7 Å². The minimum atomic E-state index is 0.120. The van der Waals surface area contributed by atoms with Gasteiger partial charge in [0.2, 0.25) is 11.8 Å².